The van der Waals surface area contributed by atoms with Crippen molar-refractivity contribution < 1.29 is 23.1 Å². The van der Waals surface area contributed by atoms with E-state index in [4.69, 9.17) is 4.98 Å². The number of allylic oxidation sites excluding steroid dienone is 4. The summed E-state index contributed by atoms with van der Waals surface area (Å²) in [6, 6.07) is 6.29. The predicted octanol–water partition coefficient (Wildman–Crippen LogP) is 6.10. The molecule has 3 aliphatic rings. The number of carbonyl (C=O) groups is 1. The molecule has 1 aromatic carbocycles. The van der Waals surface area contributed by atoms with Gasteiger partial charge >= 0.3 is 12.1 Å². The molecule has 7 nitrogen and oxygen atoms in total. The Morgan fingerprint density at radius 3 is 2.58 bits per heavy atom. The maximum Gasteiger partial charge on any atom is 0.412 e. The number of carboxylic acids is 1. The highest BCUT2D eigenvalue weighted by molar-refractivity contribution is 5.92. The number of nitrogens with zero attached hydrogens (tertiary/aromatic N) is 4. The fourth-order valence-electron chi connectivity index (χ4n) is 5.50. The Labute approximate surface area is 217 Å². The molecule has 1 fully saturated rings. The number of imidazole rings is 1. The van der Waals surface area contributed by atoms with Gasteiger partial charge in [-0.15, -0.1) is 0 Å². The fourth-order valence-corrected chi connectivity index (χ4v) is 5.50. The van der Waals surface area contributed by atoms with E-state index in [1.165, 1.54) is 17.2 Å². The SMILES string of the molecule is C[C@@H](Nc1nc(C(=O)O)nc2nc(-c3ccc4c(c3)CCC4)n(CC3=CC=C(C(F)(F)F)CC3)c12)C1CC1. The van der Waals surface area contributed by atoms with Crippen molar-refractivity contribution in [3.05, 3.63) is 58.4 Å². The van der Waals surface area contributed by atoms with Crippen molar-refractivity contribution in [1.82, 2.24) is 19.5 Å². The van der Waals surface area contributed by atoms with E-state index < -0.39 is 17.7 Å². The first-order chi connectivity index (χ1) is 18.2. The minimum absolute atomic E-state index is 0.0766. The van der Waals surface area contributed by atoms with Crippen LogP contribution in [0.3, 0.4) is 0 Å². The number of hydrogen-bond donors (Lipinski definition) is 2. The van der Waals surface area contributed by atoms with E-state index in [0.29, 0.717) is 29.6 Å². The van der Waals surface area contributed by atoms with Gasteiger partial charge in [-0.2, -0.15) is 13.2 Å². The molecule has 0 unspecified atom stereocenters. The number of aromatic carboxylic acids is 1. The molecule has 198 valence electrons. The van der Waals surface area contributed by atoms with Gasteiger partial charge in [0.15, 0.2) is 11.5 Å². The van der Waals surface area contributed by atoms with Crippen LogP contribution in [0.1, 0.15) is 60.8 Å². The standard InChI is InChI=1S/C28H28F3N5O2/c1-15(17-7-8-17)32-23-22-24(34-25(33-23)27(37)38)35-26(20-10-9-18-3-2-4-19(18)13-20)36(22)14-16-5-11-21(12-6-16)28(29,30)31/h5,9-11,13,15,17H,2-4,6-8,12,14H2,1H3,(H,37,38)(H,32,33,34)/t15-/m1/s1. The lowest BCUT2D eigenvalue weighted by Gasteiger charge is -2.20. The number of hydrogen-bond acceptors (Lipinski definition) is 5. The Hall–Kier alpha value is -3.69. The number of aromatic nitrogens is 4. The lowest BCUT2D eigenvalue weighted by Crippen LogP contribution is -2.20. The summed E-state index contributed by atoms with van der Waals surface area (Å²) in [4.78, 5) is 25.2. The molecule has 6 rings (SSSR count). The smallest absolute Gasteiger partial charge is 0.412 e. The van der Waals surface area contributed by atoms with E-state index in [0.717, 1.165) is 49.3 Å². The monoisotopic (exact) mass is 523 g/mol. The molecule has 0 bridgehead atoms. The summed E-state index contributed by atoms with van der Waals surface area (Å²) in [5, 5.41) is 13.1. The first kappa shape index (κ1) is 24.6. The first-order valence-electron chi connectivity index (χ1n) is 13.0. The molecule has 0 aliphatic heterocycles. The second kappa shape index (κ2) is 9.25. The third kappa shape index (κ3) is 4.68. The van der Waals surface area contributed by atoms with Crippen molar-refractivity contribution in [2.45, 2.75) is 70.6 Å². The molecule has 0 amide bonds. The number of fused-ring (bicyclic) bond motifs is 2. The van der Waals surface area contributed by atoms with Crippen LogP contribution in [0.2, 0.25) is 0 Å². The van der Waals surface area contributed by atoms with Crippen molar-refractivity contribution in [2.75, 3.05) is 5.32 Å². The number of alkyl halides is 3. The van der Waals surface area contributed by atoms with Crippen molar-refractivity contribution >= 4 is 23.0 Å². The molecule has 0 saturated heterocycles. The highest BCUT2D eigenvalue weighted by Gasteiger charge is 2.34. The highest BCUT2D eigenvalue weighted by Crippen LogP contribution is 2.38. The molecular weight excluding hydrogens is 495 g/mol. The van der Waals surface area contributed by atoms with E-state index in [1.807, 2.05) is 17.6 Å². The van der Waals surface area contributed by atoms with Gasteiger partial charge in [0.05, 0.1) is 0 Å². The third-order valence-corrected chi connectivity index (χ3v) is 7.81. The largest absolute Gasteiger partial charge is 0.475 e. The van der Waals surface area contributed by atoms with Gasteiger partial charge in [-0.25, -0.2) is 19.7 Å². The van der Waals surface area contributed by atoms with Crippen molar-refractivity contribution in [2.24, 2.45) is 5.92 Å². The van der Waals surface area contributed by atoms with Gasteiger partial charge in [-0.1, -0.05) is 29.9 Å². The average Bonchev–Trinajstić information content (AvgIpc) is 3.52. The molecular formula is C28H28F3N5O2. The minimum Gasteiger partial charge on any atom is -0.475 e. The van der Waals surface area contributed by atoms with Crippen LogP contribution in [0.15, 0.2) is 41.5 Å². The first-order valence-corrected chi connectivity index (χ1v) is 13.0. The van der Waals surface area contributed by atoms with E-state index >= 15 is 0 Å². The lowest BCUT2D eigenvalue weighted by atomic mass is 9.97. The van der Waals surface area contributed by atoms with E-state index in [2.05, 4.69) is 27.4 Å². The Morgan fingerprint density at radius 2 is 1.89 bits per heavy atom. The Kier molecular flexibility index (Phi) is 6.00. The minimum atomic E-state index is -4.34. The third-order valence-electron chi connectivity index (χ3n) is 7.81. The summed E-state index contributed by atoms with van der Waals surface area (Å²) < 4.78 is 41.6. The van der Waals surface area contributed by atoms with Crippen molar-refractivity contribution in [3.8, 4) is 11.4 Å². The van der Waals surface area contributed by atoms with Crippen LogP contribution in [0.4, 0.5) is 19.0 Å². The number of anilines is 1. The molecule has 3 aliphatic carbocycles. The molecule has 2 N–H and O–H groups in total. The number of rotatable bonds is 7. The normalized spacial score (nSPS) is 18.2. The predicted molar refractivity (Wildman–Crippen MR) is 137 cm³/mol. The van der Waals surface area contributed by atoms with E-state index in [1.54, 1.807) is 0 Å². The summed E-state index contributed by atoms with van der Waals surface area (Å²) >= 11 is 0. The maximum absolute atomic E-state index is 13.2. The zero-order valence-electron chi connectivity index (χ0n) is 21.0. The second-order valence-corrected chi connectivity index (χ2v) is 10.5. The number of carboxylic acid groups (broad SMARTS) is 1. The molecule has 2 heterocycles. The van der Waals surface area contributed by atoms with Crippen LogP contribution >= 0.6 is 0 Å². The van der Waals surface area contributed by atoms with Crippen LogP contribution < -0.4 is 5.32 Å². The van der Waals surface area contributed by atoms with Gasteiger partial charge in [-0.3, -0.25) is 0 Å². The van der Waals surface area contributed by atoms with Crippen molar-refractivity contribution in [1.29, 1.82) is 0 Å². The Bertz CT molecular complexity index is 1500. The summed E-state index contributed by atoms with van der Waals surface area (Å²) in [6.45, 7) is 2.34. The van der Waals surface area contributed by atoms with Gasteiger partial charge in [-0.05, 0) is 75.0 Å². The van der Waals surface area contributed by atoms with E-state index in [-0.39, 0.29) is 30.4 Å². The zero-order valence-corrected chi connectivity index (χ0v) is 21.0. The second-order valence-electron chi connectivity index (χ2n) is 10.5. The average molecular weight is 524 g/mol. The number of halogens is 3. The van der Waals surface area contributed by atoms with E-state index in [9.17, 15) is 23.1 Å². The summed E-state index contributed by atoms with van der Waals surface area (Å²) in [7, 11) is 0. The topological polar surface area (TPSA) is 92.9 Å². The van der Waals surface area contributed by atoms with Gasteiger partial charge in [0.25, 0.3) is 0 Å². The molecule has 10 heteroatoms. The molecule has 0 spiro atoms. The Morgan fingerprint density at radius 1 is 1.11 bits per heavy atom. The van der Waals surface area contributed by atoms with Crippen LogP contribution in [0, 0.1) is 5.92 Å². The van der Waals surface area contributed by atoms with Gasteiger partial charge in [0, 0.05) is 23.7 Å². The van der Waals surface area contributed by atoms with Crippen LogP contribution in [0.25, 0.3) is 22.6 Å². The summed E-state index contributed by atoms with van der Waals surface area (Å²) in [6.07, 6.45) is 3.83. The molecule has 2 aromatic heterocycles. The molecule has 3 aromatic rings. The Balaban J connectivity index is 1.51. The highest BCUT2D eigenvalue weighted by atomic mass is 19.4. The van der Waals surface area contributed by atoms with Crippen LogP contribution in [0.5, 0.6) is 0 Å². The van der Waals surface area contributed by atoms with Gasteiger partial charge in [0.1, 0.15) is 11.3 Å². The van der Waals surface area contributed by atoms with Crippen LogP contribution in [-0.4, -0.2) is 42.8 Å². The zero-order chi connectivity index (χ0) is 26.6. The molecule has 0 radical (unpaired) electrons. The van der Waals surface area contributed by atoms with Gasteiger partial charge in [0.2, 0.25) is 5.82 Å². The molecule has 1 saturated carbocycles. The summed E-state index contributed by atoms with van der Waals surface area (Å²) in [5.41, 5.74) is 4.53. The quantitative estimate of drug-likeness (QED) is 0.389. The number of benzene rings is 1. The summed E-state index contributed by atoms with van der Waals surface area (Å²) in [5.74, 6) is -0.132. The van der Waals surface area contributed by atoms with Gasteiger partial charge < -0.3 is 15.0 Å². The number of nitrogens with one attached hydrogen (secondary N) is 1. The van der Waals surface area contributed by atoms with Crippen molar-refractivity contribution in [3.63, 3.8) is 0 Å². The lowest BCUT2D eigenvalue weighted by molar-refractivity contribution is -0.0941. The maximum atomic E-state index is 13.2. The molecule has 38 heavy (non-hydrogen) atoms. The number of aryl methyl sites for hydroxylation is 2. The fraction of sp³-hybridized carbons (Fsp3) is 0.429. The van der Waals surface area contributed by atoms with Crippen LogP contribution in [-0.2, 0) is 19.4 Å². The molecule has 1 atom stereocenters.